The lowest BCUT2D eigenvalue weighted by molar-refractivity contribution is -0.167. The molecule has 0 amide bonds. The summed E-state index contributed by atoms with van der Waals surface area (Å²) in [5.41, 5.74) is 0. The minimum Gasteiger partial charge on any atom is -0.481 e. The molecule has 0 aromatic heterocycles. The Labute approximate surface area is 695 Å². The van der Waals surface area contributed by atoms with Crippen LogP contribution in [0.25, 0.3) is 0 Å². The highest BCUT2D eigenvalue weighted by Gasteiger charge is 2.20. The molecule has 17 heteroatoms. The van der Waals surface area contributed by atoms with Gasteiger partial charge in [0, 0.05) is 51.4 Å². The standard InChI is InChI=1S/C51H92O8.C39H72O5.C5H6Cl2O2/c1-3-5-7-9-11-13-15-17-19-20-22-24-26-28-30-35-39-43-50(55)58-46-47(59-51(56)44-40-36-32-31-33-37-41-48(52)53)45-57-49(54)42-38-34-29-27-25-23-21-18-16-14-12-10-8-6-4-2;1-3-5-7-9-11-13-15-17-19-21-23-25-27-29-31-33-38(41)43-35-37(40)36-44-39(42)34-32-30-28-26-24-22-20-18-16-14-12-10-8-6-4-2;6-4(8)2-1-3-5(7)9/h18-21,47H,3-17,22-46H2,1-2H3,(H,52,53);17-20,37,40H,3-16,21-36H2,1-2H3;1-3H2/b20-19-,21-18-;19-17-,20-18-;. The van der Waals surface area contributed by atoms with Crippen LogP contribution >= 0.6 is 23.2 Å². The number of carbonyl (C=O) groups excluding carboxylic acids is 7. The summed E-state index contributed by atoms with van der Waals surface area (Å²) in [6.45, 7) is 8.54. The minimum atomic E-state index is -0.967. The molecule has 0 heterocycles. The number of carboxylic acids is 1. The van der Waals surface area contributed by atoms with Gasteiger partial charge in [-0.1, -0.05) is 320 Å². The Morgan fingerprint density at radius 1 is 0.241 bits per heavy atom. The largest absolute Gasteiger partial charge is 0.481 e. The molecule has 0 rings (SSSR count). The Balaban J connectivity index is -0.00000197. The molecule has 112 heavy (non-hydrogen) atoms. The van der Waals surface area contributed by atoms with Crippen molar-refractivity contribution >= 4 is 69.5 Å². The fraction of sp³-hybridized carbons (Fsp3) is 0.832. The molecule has 0 spiro atoms. The number of hydrogen-bond donors (Lipinski definition) is 2. The van der Waals surface area contributed by atoms with Crippen LogP contribution in [0.3, 0.4) is 0 Å². The number of allylic oxidation sites excluding steroid dienone is 8. The lowest BCUT2D eigenvalue weighted by Gasteiger charge is -2.18. The molecule has 15 nitrogen and oxygen atoms in total. The molecule has 0 aliphatic rings. The van der Waals surface area contributed by atoms with E-state index in [1.165, 1.54) is 238 Å². The summed E-state index contributed by atoms with van der Waals surface area (Å²) in [7, 11) is 0. The molecule has 0 radical (unpaired) electrons. The van der Waals surface area contributed by atoms with Crippen molar-refractivity contribution in [3.8, 4) is 0 Å². The monoisotopic (exact) mass is 1620 g/mol. The lowest BCUT2D eigenvalue weighted by Crippen LogP contribution is -2.30. The zero-order chi connectivity index (χ0) is 82.6. The van der Waals surface area contributed by atoms with E-state index >= 15 is 0 Å². The lowest BCUT2D eigenvalue weighted by atomic mass is 10.1. The fourth-order valence-electron chi connectivity index (χ4n) is 12.8. The van der Waals surface area contributed by atoms with Gasteiger partial charge in [0.1, 0.15) is 32.5 Å². The van der Waals surface area contributed by atoms with E-state index in [-0.39, 0.29) is 76.0 Å². The van der Waals surface area contributed by atoms with Gasteiger partial charge in [-0.15, -0.1) is 0 Å². The normalized spacial score (nSPS) is 11.7. The topological polar surface area (TPSA) is 223 Å². The highest BCUT2D eigenvalue weighted by Crippen LogP contribution is 2.18. The molecule has 0 bridgehead atoms. The van der Waals surface area contributed by atoms with Crippen LogP contribution in [-0.2, 0) is 62.0 Å². The van der Waals surface area contributed by atoms with Crippen molar-refractivity contribution in [1.29, 1.82) is 0 Å². The van der Waals surface area contributed by atoms with Crippen LogP contribution in [0, 0.1) is 0 Å². The van der Waals surface area contributed by atoms with Gasteiger partial charge in [-0.3, -0.25) is 38.4 Å². The molecule has 0 aliphatic carbocycles. The summed E-state index contributed by atoms with van der Waals surface area (Å²) < 4.78 is 26.9. The second-order valence-electron chi connectivity index (χ2n) is 31.1. The van der Waals surface area contributed by atoms with Gasteiger partial charge in [-0.2, -0.15) is 0 Å². The van der Waals surface area contributed by atoms with Gasteiger partial charge in [0.05, 0.1) is 0 Å². The van der Waals surface area contributed by atoms with Crippen molar-refractivity contribution < 1.29 is 72.3 Å². The van der Waals surface area contributed by atoms with E-state index < -0.39 is 34.6 Å². The molecular formula is C95H170Cl2O15. The molecule has 0 aromatic rings. The Hall–Kier alpha value is -4.34. The molecule has 1 unspecified atom stereocenters. The molecule has 0 saturated heterocycles. The van der Waals surface area contributed by atoms with E-state index in [4.69, 9.17) is 52.0 Å². The number of aliphatic carboxylic acids is 1. The van der Waals surface area contributed by atoms with E-state index in [0.717, 1.165) is 135 Å². The molecule has 0 aliphatic heterocycles. The number of carboxylic acid groups (broad SMARTS) is 1. The van der Waals surface area contributed by atoms with Crippen LogP contribution in [0.2, 0.25) is 0 Å². The number of hydrogen-bond acceptors (Lipinski definition) is 14. The predicted octanol–water partition coefficient (Wildman–Crippen LogP) is 28.2. The number of halogens is 2. The van der Waals surface area contributed by atoms with Crippen molar-refractivity contribution in [2.24, 2.45) is 0 Å². The van der Waals surface area contributed by atoms with Gasteiger partial charge < -0.3 is 33.9 Å². The third-order valence-electron chi connectivity index (χ3n) is 19.9. The minimum absolute atomic E-state index is 0.120. The smallest absolute Gasteiger partial charge is 0.306 e. The molecule has 1 atom stereocenters. The Bertz CT molecular complexity index is 2160. The van der Waals surface area contributed by atoms with Crippen molar-refractivity contribution in [2.75, 3.05) is 26.4 Å². The van der Waals surface area contributed by atoms with Gasteiger partial charge in [-0.05, 0) is 171 Å². The number of esters is 5. The second-order valence-corrected chi connectivity index (χ2v) is 32.0. The third-order valence-corrected chi connectivity index (χ3v) is 20.2. The van der Waals surface area contributed by atoms with Crippen molar-refractivity contribution in [3.63, 3.8) is 0 Å². The zero-order valence-electron chi connectivity index (χ0n) is 72.3. The summed E-state index contributed by atoms with van der Waals surface area (Å²) in [6.07, 6.45) is 90.0. The molecule has 2 N–H and O–H groups in total. The average Bonchev–Trinajstić information content (AvgIpc) is 0.944. The van der Waals surface area contributed by atoms with E-state index in [2.05, 4.69) is 76.3 Å². The quantitative estimate of drug-likeness (QED) is 0.0190. The van der Waals surface area contributed by atoms with E-state index in [0.29, 0.717) is 44.9 Å². The number of rotatable bonds is 84. The summed E-state index contributed by atoms with van der Waals surface area (Å²) in [5, 5.41) is 17.9. The Morgan fingerprint density at radius 2 is 0.429 bits per heavy atom. The van der Waals surface area contributed by atoms with Crippen LogP contribution < -0.4 is 0 Å². The highest BCUT2D eigenvalue weighted by atomic mass is 35.5. The first-order valence-corrected chi connectivity index (χ1v) is 47.0. The molecule has 0 fully saturated rings. The van der Waals surface area contributed by atoms with Crippen molar-refractivity contribution in [3.05, 3.63) is 48.6 Å². The first kappa shape index (κ1) is 112. The molecule has 654 valence electrons. The molecule has 0 aromatic carbocycles. The van der Waals surface area contributed by atoms with Crippen LogP contribution in [0.5, 0.6) is 0 Å². The van der Waals surface area contributed by atoms with E-state index in [1.54, 1.807) is 0 Å². The van der Waals surface area contributed by atoms with Crippen LogP contribution in [0.1, 0.15) is 471 Å². The number of ether oxygens (including phenoxy) is 5. The van der Waals surface area contributed by atoms with Gasteiger partial charge in [0.25, 0.3) is 0 Å². The van der Waals surface area contributed by atoms with Crippen molar-refractivity contribution in [2.45, 2.75) is 483 Å². The second kappa shape index (κ2) is 95.5. The van der Waals surface area contributed by atoms with Gasteiger partial charge >= 0.3 is 35.8 Å². The predicted molar refractivity (Wildman–Crippen MR) is 467 cm³/mol. The number of unbranched alkanes of at least 4 members (excludes halogenated alkanes) is 51. The number of aliphatic hydroxyl groups excluding tert-OH is 1. The summed E-state index contributed by atoms with van der Waals surface area (Å²) in [4.78, 5) is 92.3. The Morgan fingerprint density at radius 3 is 0.643 bits per heavy atom. The average molecular weight is 1620 g/mol. The summed E-state index contributed by atoms with van der Waals surface area (Å²) >= 11 is 9.94. The maximum atomic E-state index is 12.7. The van der Waals surface area contributed by atoms with E-state index in [9.17, 15) is 43.5 Å². The van der Waals surface area contributed by atoms with Crippen molar-refractivity contribution in [1.82, 2.24) is 0 Å². The first-order chi connectivity index (χ1) is 54.6. The molecule has 0 saturated carbocycles. The number of carbonyl (C=O) groups is 8. The van der Waals surface area contributed by atoms with Gasteiger partial charge in [-0.25, -0.2) is 0 Å². The van der Waals surface area contributed by atoms with Gasteiger partial charge in [0.15, 0.2) is 6.10 Å². The van der Waals surface area contributed by atoms with E-state index in [1.807, 2.05) is 0 Å². The zero-order valence-corrected chi connectivity index (χ0v) is 73.9. The Kier molecular flexibility index (Phi) is 95.3. The fourth-order valence-corrected chi connectivity index (χ4v) is 13.0. The highest BCUT2D eigenvalue weighted by molar-refractivity contribution is 6.64. The van der Waals surface area contributed by atoms with Crippen LogP contribution in [0.4, 0.5) is 0 Å². The van der Waals surface area contributed by atoms with Crippen LogP contribution in [-0.4, -0.2) is 95.1 Å². The third kappa shape index (κ3) is 102. The maximum absolute atomic E-state index is 12.7. The number of aliphatic hydroxyl groups is 1. The maximum Gasteiger partial charge on any atom is 0.306 e. The summed E-state index contributed by atoms with van der Waals surface area (Å²) in [5.74, 6) is -2.39. The first-order valence-electron chi connectivity index (χ1n) is 46.3. The molecular weight excluding hydrogens is 1450 g/mol. The van der Waals surface area contributed by atoms with Gasteiger partial charge in [0.2, 0.25) is 10.5 Å². The SMILES string of the molecule is CCCCCCCC/C=C\CCCCCCCC(=O)OCC(COC(=O)CCCCCCCC/C=C\CCCCCCCCC)OC(=O)CCCCCCCCC(=O)O.CCCCCCCC/C=C\CCCCCCCC(=O)OCC(O)COC(=O)CCCCCCC/C=C\CCCCCCCC.O=C(Cl)CCCC(=O)Cl. The van der Waals surface area contributed by atoms with Crippen LogP contribution in [0.15, 0.2) is 48.6 Å². The summed E-state index contributed by atoms with van der Waals surface area (Å²) in [6, 6.07) is 0.